The van der Waals surface area contributed by atoms with Crippen molar-refractivity contribution in [1.29, 1.82) is 5.26 Å². The topological polar surface area (TPSA) is 45.9 Å². The molecule has 1 heterocycles. The molecule has 0 bridgehead atoms. The minimum atomic E-state index is 0.387. The quantitative estimate of drug-likeness (QED) is 0.791. The lowest BCUT2D eigenvalue weighted by Crippen LogP contribution is -1.97. The average molecular weight is 338 g/mol. The lowest BCUT2D eigenvalue weighted by molar-refractivity contribution is 0.306. The van der Waals surface area contributed by atoms with Gasteiger partial charge in [0.2, 0.25) is 0 Å². The van der Waals surface area contributed by atoms with Crippen LogP contribution < -0.4 is 4.74 Å². The van der Waals surface area contributed by atoms with Gasteiger partial charge in [0, 0.05) is 16.5 Å². The fourth-order valence-electron chi connectivity index (χ4n) is 1.54. The van der Waals surface area contributed by atoms with Crippen molar-refractivity contribution in [3.63, 3.8) is 0 Å². The molecule has 2 rings (SSSR count). The van der Waals surface area contributed by atoms with E-state index in [0.29, 0.717) is 18.2 Å². The Labute approximate surface area is 124 Å². The molecule has 3 nitrogen and oxygen atoms in total. The third-order valence-corrected chi connectivity index (χ3v) is 3.57. The van der Waals surface area contributed by atoms with Crippen LogP contribution in [0, 0.1) is 11.3 Å². The van der Waals surface area contributed by atoms with E-state index in [1.807, 2.05) is 30.3 Å². The Bertz CT molecular complexity index is 625. The highest BCUT2D eigenvalue weighted by Gasteiger charge is 2.03. The van der Waals surface area contributed by atoms with Crippen LogP contribution in [-0.4, -0.2) is 4.98 Å². The van der Waals surface area contributed by atoms with E-state index in [1.165, 1.54) is 0 Å². The molecule has 0 saturated carbocycles. The lowest BCUT2D eigenvalue weighted by atomic mass is 10.2. The second-order valence-electron chi connectivity index (χ2n) is 3.84. The SMILES string of the molecule is N#Cc1cc(COc2ccc(Br)c(CCl)c2)ccn1. The first-order chi connectivity index (χ1) is 9.22. The standard InChI is InChI=1S/C14H10BrClN2O/c15-14-2-1-13(6-11(14)7-16)19-9-10-3-4-18-12(5-10)8-17/h1-6H,7,9H2. The molecular weight excluding hydrogens is 328 g/mol. The van der Waals surface area contributed by atoms with Crippen LogP contribution in [0.2, 0.25) is 0 Å². The Balaban J connectivity index is 2.08. The van der Waals surface area contributed by atoms with Crippen molar-refractivity contribution in [2.24, 2.45) is 0 Å². The number of hydrogen-bond acceptors (Lipinski definition) is 3. The molecule has 2 aromatic rings. The van der Waals surface area contributed by atoms with Gasteiger partial charge in [-0.05, 0) is 41.5 Å². The number of hydrogen-bond donors (Lipinski definition) is 0. The Hall–Kier alpha value is -1.57. The molecule has 19 heavy (non-hydrogen) atoms. The van der Waals surface area contributed by atoms with Crippen LogP contribution in [0.1, 0.15) is 16.8 Å². The molecule has 96 valence electrons. The summed E-state index contributed by atoms with van der Waals surface area (Å²) in [5.41, 5.74) is 2.27. The highest BCUT2D eigenvalue weighted by molar-refractivity contribution is 9.10. The molecule has 1 aromatic heterocycles. The highest BCUT2D eigenvalue weighted by atomic mass is 79.9. The van der Waals surface area contributed by atoms with Crippen molar-refractivity contribution in [3.8, 4) is 11.8 Å². The smallest absolute Gasteiger partial charge is 0.140 e. The maximum absolute atomic E-state index is 8.77. The number of alkyl halides is 1. The monoisotopic (exact) mass is 336 g/mol. The number of halogens is 2. The molecule has 0 radical (unpaired) electrons. The number of pyridine rings is 1. The first-order valence-electron chi connectivity index (χ1n) is 5.55. The average Bonchev–Trinajstić information content (AvgIpc) is 2.46. The van der Waals surface area contributed by atoms with E-state index in [9.17, 15) is 0 Å². The number of ether oxygens (including phenoxy) is 1. The van der Waals surface area contributed by atoms with E-state index in [2.05, 4.69) is 20.9 Å². The normalized spacial score (nSPS) is 9.95. The summed E-state index contributed by atoms with van der Waals surface area (Å²) in [6, 6.07) is 11.2. The molecule has 0 unspecified atom stereocenters. The molecule has 0 amide bonds. The number of nitriles is 1. The molecule has 0 atom stereocenters. The van der Waals surface area contributed by atoms with Gasteiger partial charge in [-0.2, -0.15) is 5.26 Å². The predicted molar refractivity (Wildman–Crippen MR) is 77.0 cm³/mol. The molecule has 0 saturated heterocycles. The Morgan fingerprint density at radius 2 is 2.16 bits per heavy atom. The summed E-state index contributed by atoms with van der Waals surface area (Å²) in [6.45, 7) is 0.389. The maximum atomic E-state index is 8.77. The number of aromatic nitrogens is 1. The second kappa shape index (κ2) is 6.55. The number of rotatable bonds is 4. The molecule has 1 aromatic carbocycles. The van der Waals surface area contributed by atoms with Gasteiger partial charge in [0.25, 0.3) is 0 Å². The fourth-order valence-corrected chi connectivity index (χ4v) is 2.30. The molecule has 0 aliphatic heterocycles. The van der Waals surface area contributed by atoms with Gasteiger partial charge in [-0.1, -0.05) is 15.9 Å². The van der Waals surface area contributed by atoms with Crippen LogP contribution >= 0.6 is 27.5 Å². The molecule has 0 spiro atoms. The summed E-state index contributed by atoms with van der Waals surface area (Å²) >= 11 is 9.25. The summed E-state index contributed by atoms with van der Waals surface area (Å²) in [4.78, 5) is 3.91. The van der Waals surface area contributed by atoms with Gasteiger partial charge in [0.1, 0.15) is 24.1 Å². The molecule has 0 fully saturated rings. The Kier molecular flexibility index (Phi) is 4.78. The van der Waals surface area contributed by atoms with Crippen molar-refractivity contribution in [3.05, 3.63) is 57.8 Å². The first kappa shape index (κ1) is 13.9. The van der Waals surface area contributed by atoms with Gasteiger partial charge in [-0.15, -0.1) is 11.6 Å². The largest absolute Gasteiger partial charge is 0.489 e. The zero-order chi connectivity index (χ0) is 13.7. The van der Waals surface area contributed by atoms with Crippen LogP contribution in [0.3, 0.4) is 0 Å². The third kappa shape index (κ3) is 3.69. The van der Waals surface area contributed by atoms with E-state index in [0.717, 1.165) is 21.3 Å². The van der Waals surface area contributed by atoms with Crippen molar-refractivity contribution in [2.45, 2.75) is 12.5 Å². The van der Waals surface area contributed by atoms with Crippen molar-refractivity contribution in [1.82, 2.24) is 4.98 Å². The summed E-state index contributed by atoms with van der Waals surface area (Å²) in [6.07, 6.45) is 1.60. The van der Waals surface area contributed by atoms with Gasteiger partial charge < -0.3 is 4.74 Å². The highest BCUT2D eigenvalue weighted by Crippen LogP contribution is 2.24. The van der Waals surface area contributed by atoms with Crippen molar-refractivity contribution in [2.75, 3.05) is 0 Å². The molecule has 0 N–H and O–H groups in total. The zero-order valence-electron chi connectivity index (χ0n) is 9.94. The molecular formula is C14H10BrClN2O. The Morgan fingerprint density at radius 3 is 2.89 bits per heavy atom. The van der Waals surface area contributed by atoms with Gasteiger partial charge in [-0.25, -0.2) is 4.98 Å². The fraction of sp³-hybridized carbons (Fsp3) is 0.143. The molecule has 0 aliphatic carbocycles. The minimum Gasteiger partial charge on any atom is -0.489 e. The molecule has 0 aliphatic rings. The van der Waals surface area contributed by atoms with Crippen LogP contribution in [0.25, 0.3) is 0 Å². The maximum Gasteiger partial charge on any atom is 0.140 e. The van der Waals surface area contributed by atoms with E-state index >= 15 is 0 Å². The third-order valence-electron chi connectivity index (χ3n) is 2.51. The summed E-state index contributed by atoms with van der Waals surface area (Å²) in [5.74, 6) is 1.17. The second-order valence-corrected chi connectivity index (χ2v) is 4.96. The van der Waals surface area contributed by atoms with E-state index < -0.39 is 0 Å². The summed E-state index contributed by atoms with van der Waals surface area (Å²) < 4.78 is 6.64. The number of benzene rings is 1. The van der Waals surface area contributed by atoms with Crippen LogP contribution in [0.5, 0.6) is 5.75 Å². The van der Waals surface area contributed by atoms with Gasteiger partial charge in [-0.3, -0.25) is 0 Å². The first-order valence-corrected chi connectivity index (χ1v) is 6.88. The lowest BCUT2D eigenvalue weighted by Gasteiger charge is -2.08. The minimum absolute atomic E-state index is 0.387. The number of nitrogens with zero attached hydrogens (tertiary/aromatic N) is 2. The van der Waals surface area contributed by atoms with Gasteiger partial charge >= 0.3 is 0 Å². The Morgan fingerprint density at radius 1 is 1.32 bits per heavy atom. The van der Waals surface area contributed by atoms with Gasteiger partial charge in [0.15, 0.2) is 0 Å². The van der Waals surface area contributed by atoms with E-state index in [4.69, 9.17) is 21.6 Å². The van der Waals surface area contributed by atoms with E-state index in [-0.39, 0.29) is 0 Å². The molecule has 5 heteroatoms. The van der Waals surface area contributed by atoms with Gasteiger partial charge in [0.05, 0.1) is 0 Å². The predicted octanol–water partition coefficient (Wildman–Crippen LogP) is 4.03. The summed E-state index contributed by atoms with van der Waals surface area (Å²) in [7, 11) is 0. The zero-order valence-corrected chi connectivity index (χ0v) is 12.3. The van der Waals surface area contributed by atoms with Crippen LogP contribution in [0.4, 0.5) is 0 Å². The van der Waals surface area contributed by atoms with Crippen LogP contribution in [0.15, 0.2) is 41.0 Å². The van der Waals surface area contributed by atoms with Crippen molar-refractivity contribution >= 4 is 27.5 Å². The van der Waals surface area contributed by atoms with Crippen LogP contribution in [-0.2, 0) is 12.5 Å². The van der Waals surface area contributed by atoms with Crippen molar-refractivity contribution < 1.29 is 4.74 Å². The van der Waals surface area contributed by atoms with E-state index in [1.54, 1.807) is 12.3 Å². The summed E-state index contributed by atoms with van der Waals surface area (Å²) in [5, 5.41) is 8.77.